The van der Waals surface area contributed by atoms with Gasteiger partial charge in [-0.05, 0) is 31.5 Å². The lowest BCUT2D eigenvalue weighted by Gasteiger charge is -2.24. The molecule has 3 aromatic rings. The van der Waals surface area contributed by atoms with E-state index < -0.39 is 0 Å². The number of pyridine rings is 1. The standard InChI is InChI=1S/C18H20N4OS/c1-3-21(13-15-9-5-4-6-10-15)17(23)14(2)24-18-20-19-16-11-7-8-12-22(16)18/h4-12,14H,3,13H2,1-2H3/t14-/m0/s1. The SMILES string of the molecule is CCN(Cc1ccccc1)C(=O)[C@H](C)Sc1nnc2ccccn12. The van der Waals surface area contributed by atoms with Crippen LogP contribution in [0.4, 0.5) is 0 Å². The molecule has 2 heterocycles. The van der Waals surface area contributed by atoms with E-state index in [0.29, 0.717) is 13.1 Å². The molecule has 0 bridgehead atoms. The highest BCUT2D eigenvalue weighted by molar-refractivity contribution is 8.00. The number of hydrogen-bond donors (Lipinski definition) is 0. The Hall–Kier alpha value is -2.34. The highest BCUT2D eigenvalue weighted by Crippen LogP contribution is 2.23. The van der Waals surface area contributed by atoms with Crippen molar-refractivity contribution in [2.24, 2.45) is 0 Å². The van der Waals surface area contributed by atoms with Crippen molar-refractivity contribution in [3.05, 3.63) is 60.3 Å². The van der Waals surface area contributed by atoms with E-state index in [9.17, 15) is 4.79 Å². The summed E-state index contributed by atoms with van der Waals surface area (Å²) in [5.74, 6) is 0.110. The van der Waals surface area contributed by atoms with Gasteiger partial charge in [0.25, 0.3) is 0 Å². The molecule has 0 fully saturated rings. The molecule has 1 amide bonds. The fourth-order valence-electron chi connectivity index (χ4n) is 2.51. The van der Waals surface area contributed by atoms with Gasteiger partial charge in [0.1, 0.15) is 0 Å². The van der Waals surface area contributed by atoms with Crippen LogP contribution in [0, 0.1) is 0 Å². The normalized spacial score (nSPS) is 12.2. The highest BCUT2D eigenvalue weighted by Gasteiger charge is 2.22. The number of nitrogens with zero attached hydrogens (tertiary/aromatic N) is 4. The van der Waals surface area contributed by atoms with E-state index in [1.54, 1.807) is 0 Å². The van der Waals surface area contributed by atoms with E-state index in [0.717, 1.165) is 16.4 Å². The number of thioether (sulfide) groups is 1. The molecule has 0 unspecified atom stereocenters. The van der Waals surface area contributed by atoms with Gasteiger partial charge in [-0.25, -0.2) is 0 Å². The molecule has 2 aromatic heterocycles. The first-order valence-corrected chi connectivity index (χ1v) is 8.86. The zero-order chi connectivity index (χ0) is 16.9. The van der Waals surface area contributed by atoms with Crippen LogP contribution in [0.1, 0.15) is 19.4 Å². The van der Waals surface area contributed by atoms with Gasteiger partial charge in [0, 0.05) is 19.3 Å². The van der Waals surface area contributed by atoms with Crippen LogP contribution in [0.3, 0.4) is 0 Å². The molecule has 0 saturated heterocycles. The fraction of sp³-hybridized carbons (Fsp3) is 0.278. The van der Waals surface area contributed by atoms with Crippen LogP contribution in [0.5, 0.6) is 0 Å². The molecule has 0 saturated carbocycles. The lowest BCUT2D eigenvalue weighted by Crippen LogP contribution is -2.36. The first kappa shape index (κ1) is 16.5. The Morgan fingerprint density at radius 3 is 2.67 bits per heavy atom. The van der Waals surface area contributed by atoms with Gasteiger partial charge < -0.3 is 4.90 Å². The van der Waals surface area contributed by atoms with Gasteiger partial charge in [-0.3, -0.25) is 9.20 Å². The highest BCUT2D eigenvalue weighted by atomic mass is 32.2. The Bertz CT molecular complexity index is 818. The zero-order valence-corrected chi connectivity index (χ0v) is 14.6. The fourth-order valence-corrected chi connectivity index (χ4v) is 3.44. The van der Waals surface area contributed by atoms with E-state index >= 15 is 0 Å². The molecule has 5 nitrogen and oxygen atoms in total. The van der Waals surface area contributed by atoms with E-state index in [2.05, 4.69) is 10.2 Å². The first-order chi connectivity index (χ1) is 11.7. The Morgan fingerprint density at radius 1 is 1.17 bits per heavy atom. The predicted molar refractivity (Wildman–Crippen MR) is 95.8 cm³/mol. The average molecular weight is 340 g/mol. The quantitative estimate of drug-likeness (QED) is 0.646. The molecule has 0 N–H and O–H groups in total. The molecule has 0 aliphatic heterocycles. The molecular weight excluding hydrogens is 320 g/mol. The molecule has 1 aromatic carbocycles. The Labute approximate surface area is 145 Å². The molecule has 124 valence electrons. The summed E-state index contributed by atoms with van der Waals surface area (Å²) in [5, 5.41) is 8.84. The number of carbonyl (C=O) groups is 1. The maximum absolute atomic E-state index is 12.8. The molecule has 3 rings (SSSR count). The maximum Gasteiger partial charge on any atom is 0.236 e. The summed E-state index contributed by atoms with van der Waals surface area (Å²) in [6.45, 7) is 5.23. The van der Waals surface area contributed by atoms with Gasteiger partial charge >= 0.3 is 0 Å². The van der Waals surface area contributed by atoms with E-state index in [1.165, 1.54) is 11.8 Å². The number of amides is 1. The minimum Gasteiger partial charge on any atom is -0.338 e. The van der Waals surface area contributed by atoms with Crippen molar-refractivity contribution in [1.29, 1.82) is 0 Å². The van der Waals surface area contributed by atoms with E-state index in [-0.39, 0.29) is 11.2 Å². The third kappa shape index (κ3) is 3.59. The second-order valence-corrected chi connectivity index (χ2v) is 6.82. The van der Waals surface area contributed by atoms with Crippen LogP contribution in [0.15, 0.2) is 59.9 Å². The minimum atomic E-state index is -0.221. The summed E-state index contributed by atoms with van der Waals surface area (Å²) in [6.07, 6.45) is 1.91. The summed E-state index contributed by atoms with van der Waals surface area (Å²) in [6, 6.07) is 15.8. The molecule has 24 heavy (non-hydrogen) atoms. The summed E-state index contributed by atoms with van der Waals surface area (Å²) in [4.78, 5) is 14.7. The van der Waals surface area contributed by atoms with Crippen LogP contribution in [0.2, 0.25) is 0 Å². The summed E-state index contributed by atoms with van der Waals surface area (Å²) >= 11 is 1.44. The number of hydrogen-bond acceptors (Lipinski definition) is 4. The van der Waals surface area contributed by atoms with E-state index in [1.807, 2.05) is 77.9 Å². The summed E-state index contributed by atoms with van der Waals surface area (Å²) < 4.78 is 1.90. The Balaban J connectivity index is 1.71. The average Bonchev–Trinajstić information content (AvgIpc) is 3.03. The van der Waals surface area contributed by atoms with Gasteiger partial charge in [-0.2, -0.15) is 0 Å². The van der Waals surface area contributed by atoms with Gasteiger partial charge in [0.05, 0.1) is 5.25 Å². The topological polar surface area (TPSA) is 50.5 Å². The molecule has 1 atom stereocenters. The number of carbonyl (C=O) groups excluding carboxylic acids is 1. The largest absolute Gasteiger partial charge is 0.338 e. The van der Waals surface area contributed by atoms with Crippen LogP contribution in [-0.4, -0.2) is 37.2 Å². The van der Waals surface area contributed by atoms with Crippen LogP contribution >= 0.6 is 11.8 Å². The third-order valence-electron chi connectivity index (χ3n) is 3.82. The van der Waals surface area contributed by atoms with Gasteiger partial charge in [-0.15, -0.1) is 10.2 Å². The molecule has 0 aliphatic rings. The molecule has 0 aliphatic carbocycles. The lowest BCUT2D eigenvalue weighted by molar-refractivity contribution is -0.130. The van der Waals surface area contributed by atoms with Crippen LogP contribution < -0.4 is 0 Å². The van der Waals surface area contributed by atoms with Crippen molar-refractivity contribution < 1.29 is 4.79 Å². The maximum atomic E-state index is 12.8. The van der Waals surface area contributed by atoms with Crippen LogP contribution in [-0.2, 0) is 11.3 Å². The van der Waals surface area contributed by atoms with Crippen molar-refractivity contribution in [2.45, 2.75) is 30.8 Å². The van der Waals surface area contributed by atoms with Gasteiger partial charge in [0.15, 0.2) is 10.8 Å². The van der Waals surface area contributed by atoms with Crippen molar-refractivity contribution in [3.63, 3.8) is 0 Å². The zero-order valence-electron chi connectivity index (χ0n) is 13.8. The Kier molecular flexibility index (Phi) is 5.15. The predicted octanol–water partition coefficient (Wildman–Crippen LogP) is 3.26. The van der Waals surface area contributed by atoms with E-state index in [4.69, 9.17) is 0 Å². The second kappa shape index (κ2) is 7.49. The monoisotopic (exact) mass is 340 g/mol. The van der Waals surface area contributed by atoms with Crippen molar-refractivity contribution >= 4 is 23.3 Å². The number of rotatable bonds is 6. The number of benzene rings is 1. The first-order valence-electron chi connectivity index (χ1n) is 7.98. The lowest BCUT2D eigenvalue weighted by atomic mass is 10.2. The van der Waals surface area contributed by atoms with Crippen molar-refractivity contribution in [3.8, 4) is 0 Å². The third-order valence-corrected chi connectivity index (χ3v) is 4.87. The Morgan fingerprint density at radius 2 is 1.92 bits per heavy atom. The summed E-state index contributed by atoms with van der Waals surface area (Å²) in [5.41, 5.74) is 1.93. The van der Waals surface area contributed by atoms with Crippen molar-refractivity contribution in [1.82, 2.24) is 19.5 Å². The molecule has 0 radical (unpaired) electrons. The van der Waals surface area contributed by atoms with Crippen molar-refractivity contribution in [2.75, 3.05) is 6.54 Å². The summed E-state index contributed by atoms with van der Waals surface area (Å²) in [7, 11) is 0. The molecule has 0 spiro atoms. The second-order valence-electron chi connectivity index (χ2n) is 5.51. The molecule has 6 heteroatoms. The van der Waals surface area contributed by atoms with Gasteiger partial charge in [-0.1, -0.05) is 48.2 Å². The molecular formula is C18H20N4OS. The van der Waals surface area contributed by atoms with Crippen LogP contribution in [0.25, 0.3) is 5.65 Å². The smallest absolute Gasteiger partial charge is 0.236 e. The number of fused-ring (bicyclic) bond motifs is 1. The number of aromatic nitrogens is 3. The van der Waals surface area contributed by atoms with Gasteiger partial charge in [0.2, 0.25) is 5.91 Å². The minimum absolute atomic E-state index is 0.110.